The summed E-state index contributed by atoms with van der Waals surface area (Å²) in [6.07, 6.45) is -2.56. The van der Waals surface area contributed by atoms with Gasteiger partial charge in [-0.2, -0.15) is 0 Å². The quantitative estimate of drug-likeness (QED) is 0.145. The van der Waals surface area contributed by atoms with Gasteiger partial charge in [0.15, 0.2) is 11.5 Å². The molecule has 0 aliphatic heterocycles. The summed E-state index contributed by atoms with van der Waals surface area (Å²) in [6, 6.07) is 4.38. The van der Waals surface area contributed by atoms with E-state index >= 15 is 0 Å². The molecule has 1 rings (SSSR count). The maximum absolute atomic E-state index is 12.8. The maximum Gasteiger partial charge on any atom is 0.514 e. The molecule has 1 aromatic carbocycles. The van der Waals surface area contributed by atoms with Crippen LogP contribution in [0.25, 0.3) is 0 Å². The molecule has 42 heavy (non-hydrogen) atoms. The van der Waals surface area contributed by atoms with Gasteiger partial charge >= 0.3 is 24.2 Å². The van der Waals surface area contributed by atoms with Crippen molar-refractivity contribution in [1.82, 2.24) is 0 Å². The molecular weight excluding hydrogens is 546 g/mol. The first-order chi connectivity index (χ1) is 19.5. The van der Waals surface area contributed by atoms with Gasteiger partial charge in [-0.05, 0) is 56.2 Å². The van der Waals surface area contributed by atoms with Crippen LogP contribution in [0.15, 0.2) is 18.2 Å². The van der Waals surface area contributed by atoms with E-state index in [0.717, 1.165) is 6.42 Å². The molecule has 0 spiro atoms. The molecule has 11 nitrogen and oxygen atoms in total. The lowest BCUT2D eigenvalue weighted by Crippen LogP contribution is -2.53. The predicted octanol–water partition coefficient (Wildman–Crippen LogP) is 5.98. The normalized spacial score (nSPS) is 15.5. The number of hydrogen-bond acceptors (Lipinski definition) is 11. The van der Waals surface area contributed by atoms with E-state index in [1.807, 2.05) is 41.5 Å². The number of carbonyl (C=O) groups excluding carboxylic acids is 4. The number of nitrogens with two attached hydrogens (primary N) is 1. The van der Waals surface area contributed by atoms with Crippen molar-refractivity contribution < 1.29 is 47.6 Å². The minimum absolute atomic E-state index is 0.0336. The molecule has 1 aromatic rings. The van der Waals surface area contributed by atoms with Gasteiger partial charge in [0.2, 0.25) is 0 Å². The van der Waals surface area contributed by atoms with Gasteiger partial charge in [-0.3, -0.25) is 9.59 Å². The fraction of sp³-hybridized carbons (Fsp3) is 0.677. The van der Waals surface area contributed by atoms with Crippen molar-refractivity contribution in [3.63, 3.8) is 0 Å². The van der Waals surface area contributed by atoms with Gasteiger partial charge in [0.05, 0.1) is 7.11 Å². The molecule has 0 radical (unpaired) electrons. The van der Waals surface area contributed by atoms with E-state index in [2.05, 4.69) is 0 Å². The fourth-order valence-electron chi connectivity index (χ4n) is 3.68. The summed E-state index contributed by atoms with van der Waals surface area (Å²) < 4.78 is 31.8. The van der Waals surface area contributed by atoms with Crippen molar-refractivity contribution in [3.8, 4) is 11.5 Å². The highest BCUT2D eigenvalue weighted by Crippen LogP contribution is 2.32. The average molecular weight is 596 g/mol. The van der Waals surface area contributed by atoms with Crippen molar-refractivity contribution in [1.29, 1.82) is 0 Å². The molecule has 4 unspecified atom stereocenters. The summed E-state index contributed by atoms with van der Waals surface area (Å²) in [6.45, 7) is 16.6. The summed E-state index contributed by atoms with van der Waals surface area (Å²) >= 11 is 0. The van der Waals surface area contributed by atoms with Crippen molar-refractivity contribution in [2.75, 3.05) is 7.11 Å². The van der Waals surface area contributed by atoms with Crippen LogP contribution in [0.3, 0.4) is 0 Å². The lowest BCUT2D eigenvalue weighted by Gasteiger charge is -2.29. The third-order valence-corrected chi connectivity index (χ3v) is 7.14. The van der Waals surface area contributed by atoms with Crippen LogP contribution in [0.1, 0.15) is 87.1 Å². The molecule has 0 amide bonds. The Kier molecular flexibility index (Phi) is 14.8. The number of rotatable bonds is 15. The molecule has 0 bridgehead atoms. The summed E-state index contributed by atoms with van der Waals surface area (Å²) in [7, 11) is 1.21. The number of methoxy groups -OCH3 is 1. The average Bonchev–Trinajstić information content (AvgIpc) is 2.88. The molecule has 0 saturated heterocycles. The van der Waals surface area contributed by atoms with Crippen molar-refractivity contribution in [3.05, 3.63) is 23.8 Å². The lowest BCUT2D eigenvalue weighted by molar-refractivity contribution is -0.155. The molecule has 0 aromatic heterocycles. The molecule has 2 N–H and O–H groups in total. The smallest absolute Gasteiger partial charge is 0.468 e. The summed E-state index contributed by atoms with van der Waals surface area (Å²) in [5.41, 5.74) is 5.40. The van der Waals surface area contributed by atoms with Gasteiger partial charge < -0.3 is 34.2 Å². The van der Waals surface area contributed by atoms with Crippen LogP contribution in [0.4, 0.5) is 9.59 Å². The van der Waals surface area contributed by atoms with Crippen molar-refractivity contribution in [2.45, 2.75) is 112 Å². The molecule has 238 valence electrons. The van der Waals surface area contributed by atoms with Crippen molar-refractivity contribution >= 4 is 24.2 Å². The van der Waals surface area contributed by atoms with Crippen LogP contribution in [-0.4, -0.2) is 55.2 Å². The van der Waals surface area contributed by atoms with Gasteiger partial charge in [-0.25, -0.2) is 9.59 Å². The monoisotopic (exact) mass is 595 g/mol. The van der Waals surface area contributed by atoms with Crippen LogP contribution in [0, 0.1) is 17.8 Å². The molecule has 0 heterocycles. The Labute approximate surface area is 249 Å². The Bertz CT molecular complexity index is 1060. The second-order valence-corrected chi connectivity index (χ2v) is 11.7. The van der Waals surface area contributed by atoms with Gasteiger partial charge in [-0.15, -0.1) is 0 Å². The zero-order chi connectivity index (χ0) is 32.2. The predicted molar refractivity (Wildman–Crippen MR) is 156 cm³/mol. The van der Waals surface area contributed by atoms with Crippen LogP contribution in [0.2, 0.25) is 0 Å². The Balaban J connectivity index is 3.28. The first-order valence-electron chi connectivity index (χ1n) is 14.5. The topological polar surface area (TPSA) is 150 Å². The van der Waals surface area contributed by atoms with Gasteiger partial charge in [0.25, 0.3) is 0 Å². The molecular formula is C31H49NO10. The Morgan fingerprint density at radius 2 is 1.33 bits per heavy atom. The molecule has 11 heteroatoms. The Hall–Kier alpha value is -3.34. The largest absolute Gasteiger partial charge is 0.514 e. The Morgan fingerprint density at radius 1 is 0.810 bits per heavy atom. The van der Waals surface area contributed by atoms with Crippen LogP contribution in [0.5, 0.6) is 11.5 Å². The van der Waals surface area contributed by atoms with E-state index in [9.17, 15) is 19.2 Å². The highest BCUT2D eigenvalue weighted by atomic mass is 16.8. The molecule has 0 aliphatic carbocycles. The van der Waals surface area contributed by atoms with E-state index in [4.69, 9.17) is 34.2 Å². The first-order valence-corrected chi connectivity index (χ1v) is 14.5. The Morgan fingerprint density at radius 3 is 1.81 bits per heavy atom. The minimum atomic E-state index is -1.59. The lowest BCUT2D eigenvalue weighted by atomic mass is 9.86. The van der Waals surface area contributed by atoms with E-state index in [1.54, 1.807) is 26.8 Å². The minimum Gasteiger partial charge on any atom is -0.468 e. The van der Waals surface area contributed by atoms with E-state index in [0.29, 0.717) is 5.56 Å². The maximum atomic E-state index is 12.8. The van der Waals surface area contributed by atoms with E-state index in [-0.39, 0.29) is 54.5 Å². The number of esters is 2. The highest BCUT2D eigenvalue weighted by Gasteiger charge is 2.38. The zero-order valence-electron chi connectivity index (χ0n) is 26.7. The number of ether oxygens (including phenoxy) is 6. The third-order valence-electron chi connectivity index (χ3n) is 7.14. The molecule has 5 atom stereocenters. The zero-order valence-corrected chi connectivity index (χ0v) is 26.7. The highest BCUT2D eigenvalue weighted by molar-refractivity contribution is 5.81. The van der Waals surface area contributed by atoms with Crippen LogP contribution in [-0.2, 0) is 35.0 Å². The summed E-state index contributed by atoms with van der Waals surface area (Å²) in [4.78, 5) is 50.1. The fourth-order valence-corrected chi connectivity index (χ4v) is 3.68. The summed E-state index contributed by atoms with van der Waals surface area (Å²) in [5.74, 6) is -1.08. The number of hydrogen-bond donors (Lipinski definition) is 1. The van der Waals surface area contributed by atoms with E-state index < -0.39 is 42.1 Å². The number of benzene rings is 1. The first kappa shape index (κ1) is 36.7. The van der Waals surface area contributed by atoms with Crippen LogP contribution >= 0.6 is 0 Å². The third kappa shape index (κ3) is 12.3. The van der Waals surface area contributed by atoms with Gasteiger partial charge in [0, 0.05) is 19.3 Å². The molecule has 0 saturated carbocycles. The number of carbonyl (C=O) groups is 4. The van der Waals surface area contributed by atoms with E-state index in [1.165, 1.54) is 19.2 Å². The summed E-state index contributed by atoms with van der Waals surface area (Å²) in [5, 5.41) is 0. The molecule has 0 fully saturated rings. The van der Waals surface area contributed by atoms with Crippen LogP contribution < -0.4 is 15.2 Å². The second-order valence-electron chi connectivity index (χ2n) is 11.7. The van der Waals surface area contributed by atoms with Gasteiger partial charge in [-0.1, -0.05) is 54.0 Å². The second kappa shape index (κ2) is 16.9. The standard InChI is InChI=1S/C31H49NO10/c1-11-20(6)14-27(33)38-21(7)16-31(32,28(34)37-10)17-24-12-13-25(41-29(35)39-22(8)18(2)3)26(15-24)42-30(36)40-23(9)19(4)5/h12-13,15,18-23H,11,14,16-17,32H2,1-10H3/t20?,21-,22?,23?,31?/m0/s1. The van der Waals surface area contributed by atoms with Gasteiger partial charge in [0.1, 0.15) is 23.9 Å². The van der Waals surface area contributed by atoms with Crippen molar-refractivity contribution in [2.24, 2.45) is 23.5 Å². The SMILES string of the molecule is CCC(C)CC(=O)O[C@@H](C)CC(N)(Cc1ccc(OC(=O)OC(C)C(C)C)c(OC(=O)OC(C)C(C)C)c1)C(=O)OC. The molecule has 0 aliphatic rings.